The molecule has 0 aliphatic rings. The molecular formula is C17H12F2N2O4S. The standard InChI is InChI=1S/C17H12F2N2O4S/c1-20-15(22)13-6-11-12(7-21-8-14(11)26-13)25-10-4-2-9(3-5-10)17(18,19)16(23)24/h2-8H,1H3,(H,20,22)(H,23,24). The first-order chi connectivity index (χ1) is 12.3. The number of fused-ring (bicyclic) bond motifs is 1. The first-order valence-corrected chi connectivity index (χ1v) is 8.14. The number of halogens is 2. The largest absolute Gasteiger partial charge is 0.477 e. The fraction of sp³-hybridized carbons (Fsp3) is 0.118. The lowest BCUT2D eigenvalue weighted by Crippen LogP contribution is -2.25. The highest BCUT2D eigenvalue weighted by Crippen LogP contribution is 2.35. The van der Waals surface area contributed by atoms with Gasteiger partial charge < -0.3 is 15.2 Å². The average molecular weight is 378 g/mol. The molecule has 2 aromatic heterocycles. The van der Waals surface area contributed by atoms with E-state index in [4.69, 9.17) is 9.84 Å². The van der Waals surface area contributed by atoms with Gasteiger partial charge in [0.05, 0.1) is 15.8 Å². The van der Waals surface area contributed by atoms with Crippen molar-refractivity contribution in [1.29, 1.82) is 0 Å². The highest BCUT2D eigenvalue weighted by atomic mass is 32.1. The number of ether oxygens (including phenoxy) is 1. The number of amides is 1. The summed E-state index contributed by atoms with van der Waals surface area (Å²) in [5.41, 5.74) is -0.647. The van der Waals surface area contributed by atoms with Crippen LogP contribution < -0.4 is 10.1 Å². The van der Waals surface area contributed by atoms with Gasteiger partial charge in [0.1, 0.15) is 5.75 Å². The number of thiophene rings is 1. The summed E-state index contributed by atoms with van der Waals surface area (Å²) in [6.45, 7) is 0. The number of alkyl halides is 2. The summed E-state index contributed by atoms with van der Waals surface area (Å²) >= 11 is 1.24. The maximum absolute atomic E-state index is 13.5. The van der Waals surface area contributed by atoms with Crippen LogP contribution in [0.25, 0.3) is 10.1 Å². The fourth-order valence-corrected chi connectivity index (χ4v) is 3.23. The molecule has 134 valence electrons. The van der Waals surface area contributed by atoms with Crippen molar-refractivity contribution in [1.82, 2.24) is 10.3 Å². The highest BCUT2D eigenvalue weighted by molar-refractivity contribution is 7.20. The van der Waals surface area contributed by atoms with Crippen LogP contribution in [0.2, 0.25) is 0 Å². The van der Waals surface area contributed by atoms with E-state index in [1.807, 2.05) is 0 Å². The number of nitrogens with one attached hydrogen (secondary N) is 1. The second-order valence-corrected chi connectivity index (χ2v) is 6.33. The van der Waals surface area contributed by atoms with E-state index in [1.54, 1.807) is 12.3 Å². The number of carboxylic acids is 1. The minimum Gasteiger partial charge on any atom is -0.477 e. The highest BCUT2D eigenvalue weighted by Gasteiger charge is 2.40. The monoisotopic (exact) mass is 378 g/mol. The van der Waals surface area contributed by atoms with E-state index in [9.17, 15) is 18.4 Å². The molecular weight excluding hydrogens is 366 g/mol. The zero-order chi connectivity index (χ0) is 18.9. The van der Waals surface area contributed by atoms with Crippen LogP contribution in [0.4, 0.5) is 8.78 Å². The van der Waals surface area contributed by atoms with E-state index in [2.05, 4.69) is 10.3 Å². The van der Waals surface area contributed by atoms with Crippen molar-refractivity contribution in [3.05, 3.63) is 53.2 Å². The molecule has 26 heavy (non-hydrogen) atoms. The Balaban J connectivity index is 1.90. The number of rotatable bonds is 5. The number of carbonyl (C=O) groups excluding carboxylic acids is 1. The lowest BCUT2D eigenvalue weighted by molar-refractivity contribution is -0.166. The van der Waals surface area contributed by atoms with Crippen molar-refractivity contribution < 1.29 is 28.2 Å². The van der Waals surface area contributed by atoms with Gasteiger partial charge in [0.15, 0.2) is 5.75 Å². The molecule has 0 aliphatic heterocycles. The Kier molecular flexibility index (Phi) is 4.56. The average Bonchev–Trinajstić information content (AvgIpc) is 3.06. The SMILES string of the molecule is CNC(=O)c1cc2c(Oc3ccc(C(F)(F)C(=O)O)cc3)cncc2s1. The van der Waals surface area contributed by atoms with Crippen LogP contribution in [0.5, 0.6) is 11.5 Å². The first kappa shape index (κ1) is 17.7. The molecule has 0 atom stereocenters. The number of aliphatic carboxylic acids is 1. The van der Waals surface area contributed by atoms with Crippen LogP contribution in [0.1, 0.15) is 15.2 Å². The van der Waals surface area contributed by atoms with Crippen molar-refractivity contribution >= 4 is 33.3 Å². The molecule has 0 aliphatic carbocycles. The molecule has 0 bridgehead atoms. The molecule has 9 heteroatoms. The van der Waals surface area contributed by atoms with Crippen LogP contribution in [-0.2, 0) is 10.7 Å². The van der Waals surface area contributed by atoms with Gasteiger partial charge in [0.25, 0.3) is 5.91 Å². The number of carboxylic acid groups (broad SMARTS) is 1. The van der Waals surface area contributed by atoms with Gasteiger partial charge in [-0.2, -0.15) is 8.78 Å². The smallest absolute Gasteiger partial charge is 0.379 e. The minimum absolute atomic E-state index is 0.233. The lowest BCUT2D eigenvalue weighted by Gasteiger charge is -2.12. The summed E-state index contributed by atoms with van der Waals surface area (Å²) in [5.74, 6) is -5.85. The maximum atomic E-state index is 13.5. The minimum atomic E-state index is -3.98. The van der Waals surface area contributed by atoms with Crippen LogP contribution in [0, 0.1) is 0 Å². The van der Waals surface area contributed by atoms with Gasteiger partial charge in [0, 0.05) is 24.2 Å². The Morgan fingerprint density at radius 3 is 2.54 bits per heavy atom. The zero-order valence-electron chi connectivity index (χ0n) is 13.3. The molecule has 0 saturated heterocycles. The van der Waals surface area contributed by atoms with E-state index in [1.165, 1.54) is 36.7 Å². The fourth-order valence-electron chi connectivity index (χ4n) is 2.23. The maximum Gasteiger partial charge on any atom is 0.379 e. The molecule has 0 saturated carbocycles. The number of hydrogen-bond donors (Lipinski definition) is 2. The third kappa shape index (κ3) is 3.21. The number of hydrogen-bond acceptors (Lipinski definition) is 5. The Morgan fingerprint density at radius 2 is 1.92 bits per heavy atom. The van der Waals surface area contributed by atoms with Crippen molar-refractivity contribution in [3.63, 3.8) is 0 Å². The number of aromatic nitrogens is 1. The number of nitrogens with zero attached hydrogens (tertiary/aromatic N) is 1. The first-order valence-electron chi connectivity index (χ1n) is 7.32. The van der Waals surface area contributed by atoms with Gasteiger partial charge in [0.2, 0.25) is 0 Å². The summed E-state index contributed by atoms with van der Waals surface area (Å²) in [6.07, 6.45) is 3.04. The predicted molar refractivity (Wildman–Crippen MR) is 91.1 cm³/mol. The third-order valence-corrected chi connectivity index (χ3v) is 4.64. The second kappa shape index (κ2) is 6.68. The quantitative estimate of drug-likeness (QED) is 0.708. The van der Waals surface area contributed by atoms with E-state index in [0.29, 0.717) is 16.0 Å². The molecule has 1 aromatic carbocycles. The van der Waals surface area contributed by atoms with Gasteiger partial charge in [-0.25, -0.2) is 4.79 Å². The Morgan fingerprint density at radius 1 is 1.23 bits per heavy atom. The number of carbonyl (C=O) groups is 2. The van der Waals surface area contributed by atoms with Gasteiger partial charge in [-0.1, -0.05) is 0 Å². The summed E-state index contributed by atoms with van der Waals surface area (Å²) in [4.78, 5) is 26.9. The van der Waals surface area contributed by atoms with E-state index in [-0.39, 0.29) is 11.7 Å². The van der Waals surface area contributed by atoms with Crippen LogP contribution in [0.15, 0.2) is 42.7 Å². The van der Waals surface area contributed by atoms with Gasteiger partial charge in [-0.05, 0) is 30.3 Å². The number of benzene rings is 1. The molecule has 0 spiro atoms. The van der Waals surface area contributed by atoms with Crippen molar-refractivity contribution in [3.8, 4) is 11.5 Å². The topological polar surface area (TPSA) is 88.5 Å². The van der Waals surface area contributed by atoms with Crippen molar-refractivity contribution in [2.24, 2.45) is 0 Å². The summed E-state index contributed by atoms with van der Waals surface area (Å²) in [7, 11) is 1.52. The molecule has 3 aromatic rings. The Labute approximate surface area is 150 Å². The van der Waals surface area contributed by atoms with Crippen LogP contribution in [-0.4, -0.2) is 29.0 Å². The normalized spacial score (nSPS) is 11.3. The molecule has 6 nitrogen and oxygen atoms in total. The van der Waals surface area contributed by atoms with E-state index < -0.39 is 17.5 Å². The van der Waals surface area contributed by atoms with Gasteiger partial charge in [-0.3, -0.25) is 9.78 Å². The third-order valence-electron chi connectivity index (χ3n) is 3.57. The van der Waals surface area contributed by atoms with Crippen LogP contribution >= 0.6 is 11.3 Å². The molecule has 0 unspecified atom stereocenters. The molecule has 0 fully saturated rings. The Hall–Kier alpha value is -3.07. The molecule has 2 N–H and O–H groups in total. The second-order valence-electron chi connectivity index (χ2n) is 5.25. The summed E-state index contributed by atoms with van der Waals surface area (Å²) in [5, 5.41) is 11.8. The zero-order valence-corrected chi connectivity index (χ0v) is 14.1. The van der Waals surface area contributed by atoms with E-state index in [0.717, 1.165) is 16.8 Å². The molecule has 3 rings (SSSR count). The Bertz CT molecular complexity index is 986. The number of pyridine rings is 1. The molecule has 2 heterocycles. The lowest BCUT2D eigenvalue weighted by atomic mass is 10.1. The summed E-state index contributed by atoms with van der Waals surface area (Å²) in [6, 6.07) is 6.12. The van der Waals surface area contributed by atoms with Gasteiger partial charge >= 0.3 is 11.9 Å². The molecule has 1 amide bonds. The van der Waals surface area contributed by atoms with Crippen molar-refractivity contribution in [2.75, 3.05) is 7.05 Å². The molecule has 0 radical (unpaired) electrons. The van der Waals surface area contributed by atoms with Gasteiger partial charge in [-0.15, -0.1) is 11.3 Å². The van der Waals surface area contributed by atoms with E-state index >= 15 is 0 Å². The summed E-state index contributed by atoms with van der Waals surface area (Å²) < 4.78 is 33.3. The van der Waals surface area contributed by atoms with Crippen molar-refractivity contribution in [2.45, 2.75) is 5.92 Å². The predicted octanol–water partition coefficient (Wildman–Crippen LogP) is 3.62. The van der Waals surface area contributed by atoms with Crippen LogP contribution in [0.3, 0.4) is 0 Å².